The number of halogens is 3. The fourth-order valence-corrected chi connectivity index (χ4v) is 1.53. The van der Waals surface area contributed by atoms with Gasteiger partial charge in [-0.1, -0.05) is 6.07 Å². The SMILES string of the molecule is CC(Oc1ccnc2c(N)cccc12)C(F)(F)F. The molecular formula is C12H11F3N2O. The fraction of sp³-hybridized carbons (Fsp3) is 0.250. The van der Waals surface area contributed by atoms with Crippen LogP contribution in [0.4, 0.5) is 18.9 Å². The van der Waals surface area contributed by atoms with Gasteiger partial charge in [0.1, 0.15) is 5.75 Å². The van der Waals surface area contributed by atoms with Gasteiger partial charge in [0.15, 0.2) is 6.10 Å². The van der Waals surface area contributed by atoms with E-state index in [9.17, 15) is 13.2 Å². The fourth-order valence-electron chi connectivity index (χ4n) is 1.53. The van der Waals surface area contributed by atoms with Crippen molar-refractivity contribution in [1.29, 1.82) is 0 Å². The molecule has 2 rings (SSSR count). The van der Waals surface area contributed by atoms with E-state index in [1.165, 1.54) is 12.3 Å². The molecule has 0 saturated carbocycles. The largest absolute Gasteiger partial charge is 0.480 e. The summed E-state index contributed by atoms with van der Waals surface area (Å²) in [6.45, 7) is 0.957. The van der Waals surface area contributed by atoms with E-state index in [0.717, 1.165) is 6.92 Å². The number of anilines is 1. The summed E-state index contributed by atoms with van der Waals surface area (Å²) < 4.78 is 42.3. The lowest BCUT2D eigenvalue weighted by Crippen LogP contribution is -2.31. The van der Waals surface area contributed by atoms with Gasteiger partial charge in [0.25, 0.3) is 0 Å². The smallest absolute Gasteiger partial charge is 0.425 e. The number of hydrogen-bond acceptors (Lipinski definition) is 3. The molecule has 0 aliphatic heterocycles. The minimum Gasteiger partial charge on any atom is -0.480 e. The third-order valence-electron chi connectivity index (χ3n) is 2.53. The normalized spacial score (nSPS) is 13.6. The monoisotopic (exact) mass is 256 g/mol. The Morgan fingerprint density at radius 3 is 2.67 bits per heavy atom. The first-order valence-corrected chi connectivity index (χ1v) is 5.26. The summed E-state index contributed by atoms with van der Waals surface area (Å²) in [5.41, 5.74) is 6.54. The number of benzene rings is 1. The molecule has 0 aliphatic rings. The number of nitrogens with two attached hydrogens (primary N) is 1. The van der Waals surface area contributed by atoms with Crippen LogP contribution < -0.4 is 10.5 Å². The molecule has 1 aromatic heterocycles. The summed E-state index contributed by atoms with van der Waals surface area (Å²) in [4.78, 5) is 4.02. The first-order chi connectivity index (χ1) is 8.39. The lowest BCUT2D eigenvalue weighted by molar-refractivity contribution is -0.188. The molecule has 1 unspecified atom stereocenters. The van der Waals surface area contributed by atoms with Crippen LogP contribution in [-0.2, 0) is 0 Å². The second-order valence-electron chi connectivity index (χ2n) is 3.85. The average molecular weight is 256 g/mol. The summed E-state index contributed by atoms with van der Waals surface area (Å²) in [6, 6.07) is 6.29. The number of alkyl halides is 3. The second kappa shape index (κ2) is 4.36. The highest BCUT2D eigenvalue weighted by Gasteiger charge is 2.38. The third kappa shape index (κ3) is 2.32. The standard InChI is InChI=1S/C12H11F3N2O/c1-7(12(13,14)15)18-10-5-6-17-11-8(10)3-2-4-9(11)16/h2-7H,16H2,1H3. The van der Waals surface area contributed by atoms with Crippen molar-refractivity contribution in [3.05, 3.63) is 30.5 Å². The van der Waals surface area contributed by atoms with E-state index < -0.39 is 12.3 Å². The van der Waals surface area contributed by atoms with Gasteiger partial charge in [0, 0.05) is 11.6 Å². The van der Waals surface area contributed by atoms with Gasteiger partial charge in [-0.3, -0.25) is 4.98 Å². The first kappa shape index (κ1) is 12.5. The summed E-state index contributed by atoms with van der Waals surface area (Å²) in [5.74, 6) is 0.122. The van der Waals surface area contributed by atoms with Crippen LogP contribution in [0.5, 0.6) is 5.75 Å². The first-order valence-electron chi connectivity index (χ1n) is 5.26. The van der Waals surface area contributed by atoms with Crippen LogP contribution in [-0.4, -0.2) is 17.3 Å². The molecule has 18 heavy (non-hydrogen) atoms. The number of ether oxygens (including phenoxy) is 1. The molecule has 1 atom stereocenters. The van der Waals surface area contributed by atoms with Crippen LogP contribution in [0.3, 0.4) is 0 Å². The van der Waals surface area contributed by atoms with E-state index in [1.807, 2.05) is 0 Å². The third-order valence-corrected chi connectivity index (χ3v) is 2.53. The Morgan fingerprint density at radius 1 is 1.28 bits per heavy atom. The van der Waals surface area contributed by atoms with Crippen molar-refractivity contribution in [2.75, 3.05) is 5.73 Å². The number of nitrogen functional groups attached to an aromatic ring is 1. The molecule has 0 aliphatic carbocycles. The van der Waals surface area contributed by atoms with Crippen LogP contribution in [0, 0.1) is 0 Å². The van der Waals surface area contributed by atoms with Crippen LogP contribution in [0.1, 0.15) is 6.92 Å². The maximum atomic E-state index is 12.4. The molecule has 1 heterocycles. The minimum absolute atomic E-state index is 0.122. The van der Waals surface area contributed by atoms with Gasteiger partial charge in [-0.2, -0.15) is 13.2 Å². The van der Waals surface area contributed by atoms with Crippen molar-refractivity contribution in [2.24, 2.45) is 0 Å². The van der Waals surface area contributed by atoms with Gasteiger partial charge in [0.05, 0.1) is 11.2 Å². The van der Waals surface area contributed by atoms with Crippen LogP contribution in [0.25, 0.3) is 10.9 Å². The van der Waals surface area contributed by atoms with E-state index in [2.05, 4.69) is 4.98 Å². The van der Waals surface area contributed by atoms with Crippen LogP contribution in [0.15, 0.2) is 30.5 Å². The maximum absolute atomic E-state index is 12.4. The number of hydrogen-bond donors (Lipinski definition) is 1. The van der Waals surface area contributed by atoms with E-state index in [-0.39, 0.29) is 5.75 Å². The summed E-state index contributed by atoms with van der Waals surface area (Å²) in [7, 11) is 0. The maximum Gasteiger partial charge on any atom is 0.425 e. The highest BCUT2D eigenvalue weighted by molar-refractivity contribution is 5.93. The van der Waals surface area contributed by atoms with Gasteiger partial charge < -0.3 is 10.5 Å². The molecule has 0 bridgehead atoms. The molecule has 6 heteroatoms. The zero-order chi connectivity index (χ0) is 13.3. The molecule has 0 amide bonds. The van der Waals surface area contributed by atoms with Crippen LogP contribution in [0.2, 0.25) is 0 Å². The Hall–Kier alpha value is -1.98. The quantitative estimate of drug-likeness (QED) is 0.840. The van der Waals surface area contributed by atoms with Gasteiger partial charge >= 0.3 is 6.18 Å². The lowest BCUT2D eigenvalue weighted by Gasteiger charge is -2.18. The summed E-state index contributed by atoms with van der Waals surface area (Å²) in [6.07, 6.45) is -4.92. The predicted octanol–water partition coefficient (Wildman–Crippen LogP) is 3.15. The van der Waals surface area contributed by atoms with Crippen molar-refractivity contribution in [2.45, 2.75) is 19.2 Å². The molecule has 0 fully saturated rings. The number of fused-ring (bicyclic) bond motifs is 1. The predicted molar refractivity (Wildman–Crippen MR) is 62.3 cm³/mol. The van der Waals surface area contributed by atoms with E-state index in [1.54, 1.807) is 18.2 Å². The van der Waals surface area contributed by atoms with E-state index in [4.69, 9.17) is 10.5 Å². The Morgan fingerprint density at radius 2 is 2.00 bits per heavy atom. The Bertz CT molecular complexity index is 569. The van der Waals surface area contributed by atoms with Crippen molar-refractivity contribution >= 4 is 16.6 Å². The Labute approximate surface area is 101 Å². The average Bonchev–Trinajstić information content (AvgIpc) is 2.29. The zero-order valence-electron chi connectivity index (χ0n) is 9.53. The molecule has 1 aromatic carbocycles. The van der Waals surface area contributed by atoms with Crippen molar-refractivity contribution in [3.63, 3.8) is 0 Å². The van der Waals surface area contributed by atoms with Crippen molar-refractivity contribution in [1.82, 2.24) is 4.98 Å². The van der Waals surface area contributed by atoms with E-state index >= 15 is 0 Å². The van der Waals surface area contributed by atoms with Crippen molar-refractivity contribution < 1.29 is 17.9 Å². The number of aromatic nitrogens is 1. The van der Waals surface area contributed by atoms with Gasteiger partial charge in [-0.15, -0.1) is 0 Å². The molecule has 0 spiro atoms. The lowest BCUT2D eigenvalue weighted by atomic mass is 10.2. The number of rotatable bonds is 2. The highest BCUT2D eigenvalue weighted by Crippen LogP contribution is 2.31. The van der Waals surface area contributed by atoms with Gasteiger partial charge in [-0.25, -0.2) is 0 Å². The zero-order valence-corrected chi connectivity index (χ0v) is 9.53. The van der Waals surface area contributed by atoms with Gasteiger partial charge in [-0.05, 0) is 25.1 Å². The molecule has 0 radical (unpaired) electrons. The second-order valence-corrected chi connectivity index (χ2v) is 3.85. The molecule has 2 N–H and O–H groups in total. The summed E-state index contributed by atoms with van der Waals surface area (Å²) >= 11 is 0. The van der Waals surface area contributed by atoms with Crippen molar-refractivity contribution in [3.8, 4) is 5.75 Å². The number of pyridine rings is 1. The van der Waals surface area contributed by atoms with Gasteiger partial charge in [0.2, 0.25) is 0 Å². The van der Waals surface area contributed by atoms with Crippen LogP contribution >= 0.6 is 0 Å². The minimum atomic E-state index is -4.41. The topological polar surface area (TPSA) is 48.1 Å². The number of nitrogens with zero attached hydrogens (tertiary/aromatic N) is 1. The molecule has 96 valence electrons. The molecule has 2 aromatic rings. The molecule has 0 saturated heterocycles. The molecular weight excluding hydrogens is 245 g/mol. The Balaban J connectivity index is 2.43. The number of para-hydroxylation sites is 1. The van der Waals surface area contributed by atoms with E-state index in [0.29, 0.717) is 16.6 Å². The summed E-state index contributed by atoms with van der Waals surface area (Å²) in [5, 5.41) is 0.466. The molecule has 3 nitrogen and oxygen atoms in total. The Kier molecular flexibility index (Phi) is 3.02. The highest BCUT2D eigenvalue weighted by atomic mass is 19.4.